The number of aromatic nitrogens is 2. The Morgan fingerprint density at radius 2 is 2.05 bits per heavy atom. The summed E-state index contributed by atoms with van der Waals surface area (Å²) in [6.07, 6.45) is 7.42. The number of likely N-dealkylation sites (tertiary alicyclic amines) is 1. The molecule has 4 atom stereocenters. The van der Waals surface area contributed by atoms with Crippen molar-refractivity contribution in [3.63, 3.8) is 0 Å². The van der Waals surface area contributed by atoms with E-state index in [0.29, 0.717) is 18.0 Å². The predicted molar refractivity (Wildman–Crippen MR) is 75.6 cm³/mol. The Labute approximate surface area is 115 Å². The molecule has 1 aromatic heterocycles. The van der Waals surface area contributed by atoms with Crippen LogP contribution in [0, 0.1) is 18.8 Å². The Bertz CT molecular complexity index is 448. The second-order valence-electron chi connectivity index (χ2n) is 6.18. The standard InChI is InChI=1S/C15H24N4/c1-10-15(18-7-6-17-10)11(2)19-8-12-4-3-5-14(16)13(12)9-19/h6-7,11-14H,3-5,8-9,16H2,1-2H3. The Balaban J connectivity index is 1.75. The molecule has 2 N–H and O–H groups in total. The van der Waals surface area contributed by atoms with Crippen LogP contribution in [0.2, 0.25) is 0 Å². The normalized spacial score (nSPS) is 33.1. The van der Waals surface area contributed by atoms with E-state index in [1.54, 1.807) is 12.4 Å². The molecule has 19 heavy (non-hydrogen) atoms. The van der Waals surface area contributed by atoms with Gasteiger partial charge in [-0.2, -0.15) is 0 Å². The lowest BCUT2D eigenvalue weighted by Crippen LogP contribution is -2.38. The van der Waals surface area contributed by atoms with Gasteiger partial charge in [-0.25, -0.2) is 0 Å². The largest absolute Gasteiger partial charge is 0.327 e. The smallest absolute Gasteiger partial charge is 0.0784 e. The number of rotatable bonds is 2. The molecule has 1 aliphatic heterocycles. The molecule has 0 bridgehead atoms. The molecule has 1 saturated carbocycles. The van der Waals surface area contributed by atoms with Gasteiger partial charge in [0.1, 0.15) is 0 Å². The van der Waals surface area contributed by atoms with Gasteiger partial charge >= 0.3 is 0 Å². The number of nitrogens with zero attached hydrogens (tertiary/aromatic N) is 3. The SMILES string of the molecule is Cc1nccnc1C(C)N1CC2CCCC(N)C2C1. The Morgan fingerprint density at radius 1 is 1.26 bits per heavy atom. The van der Waals surface area contributed by atoms with Gasteiger partial charge in [0.25, 0.3) is 0 Å². The van der Waals surface area contributed by atoms with Crippen molar-refractivity contribution in [2.75, 3.05) is 13.1 Å². The number of aryl methyl sites for hydroxylation is 1. The van der Waals surface area contributed by atoms with Gasteiger partial charge in [0.05, 0.1) is 17.4 Å². The molecular weight excluding hydrogens is 236 g/mol. The molecule has 4 unspecified atom stereocenters. The summed E-state index contributed by atoms with van der Waals surface area (Å²) in [5.74, 6) is 1.48. The minimum absolute atomic E-state index is 0.353. The molecule has 4 nitrogen and oxygen atoms in total. The molecule has 3 rings (SSSR count). The average Bonchev–Trinajstić information content (AvgIpc) is 2.84. The van der Waals surface area contributed by atoms with Crippen molar-refractivity contribution in [2.45, 2.75) is 45.2 Å². The second-order valence-corrected chi connectivity index (χ2v) is 6.18. The fourth-order valence-corrected chi connectivity index (χ4v) is 3.87. The van der Waals surface area contributed by atoms with Gasteiger partial charge in [-0.15, -0.1) is 0 Å². The van der Waals surface area contributed by atoms with Gasteiger partial charge in [-0.05, 0) is 38.5 Å². The lowest BCUT2D eigenvalue weighted by molar-refractivity contribution is 0.240. The molecule has 2 fully saturated rings. The zero-order valence-corrected chi connectivity index (χ0v) is 11.9. The van der Waals surface area contributed by atoms with E-state index >= 15 is 0 Å². The van der Waals surface area contributed by atoms with E-state index in [0.717, 1.165) is 23.9 Å². The topological polar surface area (TPSA) is 55.0 Å². The molecule has 1 aromatic rings. The minimum atomic E-state index is 0.353. The van der Waals surface area contributed by atoms with Crippen LogP contribution >= 0.6 is 0 Å². The summed E-state index contributed by atoms with van der Waals surface area (Å²) in [6, 6.07) is 0.755. The monoisotopic (exact) mass is 260 g/mol. The van der Waals surface area contributed by atoms with Crippen LogP contribution in [0.5, 0.6) is 0 Å². The van der Waals surface area contributed by atoms with E-state index in [2.05, 4.69) is 21.8 Å². The number of hydrogen-bond donors (Lipinski definition) is 1. The lowest BCUT2D eigenvalue weighted by Gasteiger charge is -2.30. The van der Waals surface area contributed by atoms with Crippen molar-refractivity contribution < 1.29 is 0 Å². The molecule has 1 saturated heterocycles. The van der Waals surface area contributed by atoms with Crippen LogP contribution in [0.4, 0.5) is 0 Å². The average molecular weight is 260 g/mol. The maximum atomic E-state index is 6.30. The second kappa shape index (κ2) is 5.17. The molecule has 0 aromatic carbocycles. The molecule has 4 heteroatoms. The number of nitrogens with two attached hydrogens (primary N) is 1. The molecule has 0 radical (unpaired) electrons. The quantitative estimate of drug-likeness (QED) is 0.882. The molecular formula is C15H24N4. The zero-order valence-electron chi connectivity index (χ0n) is 11.9. The van der Waals surface area contributed by atoms with Crippen LogP contribution < -0.4 is 5.73 Å². The van der Waals surface area contributed by atoms with Gasteiger partial charge in [0.2, 0.25) is 0 Å². The Morgan fingerprint density at radius 3 is 2.79 bits per heavy atom. The summed E-state index contributed by atoms with van der Waals surface area (Å²) in [6.45, 7) is 6.60. The Hall–Kier alpha value is -1.00. The fraction of sp³-hybridized carbons (Fsp3) is 0.733. The number of fused-ring (bicyclic) bond motifs is 1. The van der Waals surface area contributed by atoms with Crippen molar-refractivity contribution in [1.82, 2.24) is 14.9 Å². The van der Waals surface area contributed by atoms with Crippen molar-refractivity contribution in [3.05, 3.63) is 23.8 Å². The van der Waals surface area contributed by atoms with E-state index in [4.69, 9.17) is 5.73 Å². The van der Waals surface area contributed by atoms with E-state index < -0.39 is 0 Å². The van der Waals surface area contributed by atoms with Crippen LogP contribution in [-0.4, -0.2) is 34.0 Å². The molecule has 1 aliphatic carbocycles. The highest BCUT2D eigenvalue weighted by Crippen LogP contribution is 2.38. The van der Waals surface area contributed by atoms with E-state index in [1.807, 2.05) is 6.92 Å². The van der Waals surface area contributed by atoms with Gasteiger partial charge in [-0.1, -0.05) is 6.42 Å². The van der Waals surface area contributed by atoms with E-state index in [9.17, 15) is 0 Å². The van der Waals surface area contributed by atoms with Gasteiger partial charge < -0.3 is 5.73 Å². The number of hydrogen-bond acceptors (Lipinski definition) is 4. The van der Waals surface area contributed by atoms with Crippen LogP contribution in [0.25, 0.3) is 0 Å². The summed E-state index contributed by atoms with van der Waals surface area (Å²) in [7, 11) is 0. The highest BCUT2D eigenvalue weighted by Gasteiger charge is 2.40. The summed E-state index contributed by atoms with van der Waals surface area (Å²) in [4.78, 5) is 11.4. The highest BCUT2D eigenvalue weighted by atomic mass is 15.2. The van der Waals surface area contributed by atoms with E-state index in [-0.39, 0.29) is 0 Å². The first-order valence-corrected chi connectivity index (χ1v) is 7.44. The van der Waals surface area contributed by atoms with Crippen LogP contribution in [0.3, 0.4) is 0 Å². The van der Waals surface area contributed by atoms with Gasteiger partial charge in [-0.3, -0.25) is 14.9 Å². The summed E-state index contributed by atoms with van der Waals surface area (Å²) in [5.41, 5.74) is 8.47. The van der Waals surface area contributed by atoms with Gasteiger partial charge in [0.15, 0.2) is 0 Å². The first-order chi connectivity index (χ1) is 9.16. The van der Waals surface area contributed by atoms with Crippen LogP contribution in [0.1, 0.15) is 43.6 Å². The van der Waals surface area contributed by atoms with Crippen molar-refractivity contribution in [2.24, 2.45) is 17.6 Å². The molecule has 0 spiro atoms. The van der Waals surface area contributed by atoms with Crippen molar-refractivity contribution in [3.8, 4) is 0 Å². The first kappa shape index (κ1) is 13.0. The first-order valence-electron chi connectivity index (χ1n) is 7.44. The third-order valence-corrected chi connectivity index (χ3v) is 5.04. The zero-order chi connectivity index (χ0) is 13.4. The molecule has 0 amide bonds. The summed E-state index contributed by atoms with van der Waals surface area (Å²) >= 11 is 0. The molecule has 2 heterocycles. The minimum Gasteiger partial charge on any atom is -0.327 e. The van der Waals surface area contributed by atoms with Crippen LogP contribution in [-0.2, 0) is 0 Å². The summed E-state index contributed by atoms with van der Waals surface area (Å²) in [5, 5.41) is 0. The van der Waals surface area contributed by atoms with Crippen LogP contribution in [0.15, 0.2) is 12.4 Å². The Kier molecular flexibility index (Phi) is 3.54. The maximum absolute atomic E-state index is 6.30. The van der Waals surface area contributed by atoms with Gasteiger partial charge in [0, 0.05) is 31.5 Å². The molecule has 104 valence electrons. The highest BCUT2D eigenvalue weighted by molar-refractivity contribution is 5.13. The lowest BCUT2D eigenvalue weighted by atomic mass is 9.78. The van der Waals surface area contributed by atoms with Crippen molar-refractivity contribution in [1.29, 1.82) is 0 Å². The summed E-state index contributed by atoms with van der Waals surface area (Å²) < 4.78 is 0. The molecule has 2 aliphatic rings. The predicted octanol–water partition coefficient (Wildman–Crippen LogP) is 1.91. The van der Waals surface area contributed by atoms with E-state index in [1.165, 1.54) is 25.8 Å². The fourth-order valence-electron chi connectivity index (χ4n) is 3.87. The third-order valence-electron chi connectivity index (χ3n) is 5.04. The maximum Gasteiger partial charge on any atom is 0.0784 e. The van der Waals surface area contributed by atoms with Crippen molar-refractivity contribution >= 4 is 0 Å². The third kappa shape index (κ3) is 2.39.